The molecule has 300 valence electrons. The van der Waals surface area contributed by atoms with Crippen molar-refractivity contribution in [2.45, 2.75) is 196 Å². The van der Waals surface area contributed by atoms with Crippen LogP contribution in [0.5, 0.6) is 17.2 Å². The van der Waals surface area contributed by atoms with E-state index in [1.165, 1.54) is 79.1 Å². The summed E-state index contributed by atoms with van der Waals surface area (Å²) >= 11 is 0. The second-order valence-electron chi connectivity index (χ2n) is 17.1. The van der Waals surface area contributed by atoms with Crippen molar-refractivity contribution in [3.63, 3.8) is 0 Å². The van der Waals surface area contributed by atoms with E-state index in [-0.39, 0.29) is 36.3 Å². The highest BCUT2D eigenvalue weighted by Gasteiger charge is 2.55. The lowest BCUT2D eigenvalue weighted by Gasteiger charge is -2.41. The van der Waals surface area contributed by atoms with Gasteiger partial charge in [-0.3, -0.25) is 19.2 Å². The summed E-state index contributed by atoms with van der Waals surface area (Å²) in [5.74, 6) is -6.18. The number of allylic oxidation sites excluding steroid dienone is 2. The van der Waals surface area contributed by atoms with Gasteiger partial charge >= 0.3 is 0 Å². The van der Waals surface area contributed by atoms with Gasteiger partial charge in [-0.25, -0.2) is 0 Å². The van der Waals surface area contributed by atoms with Crippen molar-refractivity contribution < 1.29 is 39.6 Å². The van der Waals surface area contributed by atoms with Crippen LogP contribution in [0.2, 0.25) is 0 Å². The van der Waals surface area contributed by atoms with E-state index in [9.17, 15) is 39.6 Å². The average molecular weight is 741 g/mol. The zero-order valence-corrected chi connectivity index (χ0v) is 34.4. The van der Waals surface area contributed by atoms with E-state index in [1.807, 2.05) is 13.8 Å². The highest BCUT2D eigenvalue weighted by molar-refractivity contribution is 6.20. The molecular weight excluding hydrogens is 668 g/mol. The number of carbonyl (C=O) groups is 4. The van der Waals surface area contributed by atoms with E-state index in [4.69, 9.17) is 0 Å². The second-order valence-corrected chi connectivity index (χ2v) is 17.1. The fourth-order valence-electron chi connectivity index (χ4n) is 7.98. The molecule has 8 nitrogen and oxygen atoms in total. The number of phenolic OH excluding ortho intramolecular Hbond substituents is 3. The first kappa shape index (κ1) is 46.0. The normalized spacial score (nSPS) is 16.1. The molecule has 0 fully saturated rings. The number of Topliss-reactive ketones (excluding diaryl/α,β-unsaturated/α-hetero) is 4. The summed E-state index contributed by atoms with van der Waals surface area (Å²) in [6.45, 7) is 14.2. The Labute approximate surface area is 320 Å². The van der Waals surface area contributed by atoms with Crippen molar-refractivity contribution in [1.82, 2.24) is 0 Å². The lowest BCUT2D eigenvalue weighted by Crippen LogP contribution is -2.49. The molecule has 0 saturated carbocycles. The smallest absolute Gasteiger partial charge is 0.175 e. The van der Waals surface area contributed by atoms with Gasteiger partial charge in [-0.2, -0.15) is 0 Å². The number of unbranched alkanes of at least 4 members (excludes halogenated alkanes) is 16. The van der Waals surface area contributed by atoms with Gasteiger partial charge in [-0.1, -0.05) is 130 Å². The van der Waals surface area contributed by atoms with E-state index in [1.54, 1.807) is 0 Å². The monoisotopic (exact) mass is 741 g/mol. The maximum atomic E-state index is 14.1. The Kier molecular flexibility index (Phi) is 18.8. The summed E-state index contributed by atoms with van der Waals surface area (Å²) in [4.78, 5) is 55.2. The van der Waals surface area contributed by atoms with Crippen LogP contribution < -0.4 is 0 Å². The van der Waals surface area contributed by atoms with E-state index in [2.05, 4.69) is 13.8 Å². The first-order valence-corrected chi connectivity index (χ1v) is 20.9. The minimum Gasteiger partial charge on any atom is -0.511 e. The van der Waals surface area contributed by atoms with Gasteiger partial charge in [0.25, 0.3) is 0 Å². The predicted molar refractivity (Wildman–Crippen MR) is 213 cm³/mol. The molecule has 2 rings (SSSR count). The third-order valence-corrected chi connectivity index (χ3v) is 11.2. The zero-order valence-electron chi connectivity index (χ0n) is 34.4. The number of hydrogen-bond acceptors (Lipinski definition) is 8. The Bertz CT molecular complexity index is 1370. The molecule has 0 aromatic heterocycles. The molecule has 0 radical (unpaired) electrons. The number of rotatable bonds is 26. The molecule has 0 amide bonds. The number of carbonyl (C=O) groups excluding carboxylic acids is 4. The van der Waals surface area contributed by atoms with Crippen LogP contribution in [-0.2, 0) is 9.59 Å². The molecule has 4 N–H and O–H groups in total. The molecule has 1 aliphatic rings. The van der Waals surface area contributed by atoms with Crippen molar-refractivity contribution in [2.24, 2.45) is 16.7 Å². The average Bonchev–Trinajstić information content (AvgIpc) is 3.08. The van der Waals surface area contributed by atoms with Crippen molar-refractivity contribution in [3.8, 4) is 17.2 Å². The molecule has 8 heteroatoms. The molecule has 0 bridgehead atoms. The molecule has 1 aliphatic carbocycles. The number of aliphatic hydroxyl groups excluding tert-OH is 1. The third-order valence-electron chi connectivity index (χ3n) is 11.2. The van der Waals surface area contributed by atoms with Crippen LogP contribution in [0.1, 0.15) is 222 Å². The molecular formula is C45H72O8. The number of aromatic hydroxyl groups is 3. The Morgan fingerprint density at radius 2 is 0.906 bits per heavy atom. The minimum atomic E-state index is -1.52. The van der Waals surface area contributed by atoms with Gasteiger partial charge in [-0.15, -0.1) is 0 Å². The molecule has 1 aromatic carbocycles. The Hall–Kier alpha value is -3.16. The number of ketones is 4. The van der Waals surface area contributed by atoms with Gasteiger partial charge in [0, 0.05) is 29.9 Å². The first-order valence-electron chi connectivity index (χ1n) is 20.9. The summed E-state index contributed by atoms with van der Waals surface area (Å²) in [5, 5.41) is 46.9. The topological polar surface area (TPSA) is 149 Å². The SMILES string of the molecule is CCCCCCCCCCCC(=O)c1c(O)c(C(=O)CCCCCCCCCCC)c(O)c(C(CC(C)C)C2=C(O)C(C)(C)C(=O)C(C)(C)C2=O)c1O. The molecule has 1 atom stereocenters. The van der Waals surface area contributed by atoms with E-state index < -0.39 is 74.0 Å². The highest BCUT2D eigenvalue weighted by atomic mass is 16.3. The minimum absolute atomic E-state index is 0.0172. The summed E-state index contributed by atoms with van der Waals surface area (Å²) < 4.78 is 0. The largest absolute Gasteiger partial charge is 0.511 e. The van der Waals surface area contributed by atoms with Crippen LogP contribution in [0.3, 0.4) is 0 Å². The van der Waals surface area contributed by atoms with E-state index in [0.29, 0.717) is 12.8 Å². The van der Waals surface area contributed by atoms with Crippen LogP contribution in [0, 0.1) is 16.7 Å². The van der Waals surface area contributed by atoms with Crippen molar-refractivity contribution >= 4 is 23.1 Å². The van der Waals surface area contributed by atoms with Gasteiger partial charge < -0.3 is 20.4 Å². The maximum Gasteiger partial charge on any atom is 0.175 e. The number of benzene rings is 1. The summed E-state index contributed by atoms with van der Waals surface area (Å²) in [6.07, 6.45) is 18.8. The molecule has 1 unspecified atom stereocenters. The van der Waals surface area contributed by atoms with Crippen molar-refractivity contribution in [2.75, 3.05) is 0 Å². The summed E-state index contributed by atoms with van der Waals surface area (Å²) in [7, 11) is 0. The van der Waals surface area contributed by atoms with E-state index in [0.717, 1.165) is 51.4 Å². The number of aliphatic hydroxyl groups is 1. The number of phenols is 3. The van der Waals surface area contributed by atoms with Crippen LogP contribution >= 0.6 is 0 Å². The van der Waals surface area contributed by atoms with Gasteiger partial charge in [0.2, 0.25) is 0 Å². The zero-order chi connectivity index (χ0) is 39.9. The first-order chi connectivity index (χ1) is 25.0. The lowest BCUT2D eigenvalue weighted by atomic mass is 9.60. The fourth-order valence-corrected chi connectivity index (χ4v) is 7.98. The quantitative estimate of drug-likeness (QED) is 0.0416. The Morgan fingerprint density at radius 3 is 1.26 bits per heavy atom. The summed E-state index contributed by atoms with van der Waals surface area (Å²) in [6, 6.07) is 0. The standard InChI is InChI=1S/C45H72O8/c1-9-11-13-15-17-19-21-23-25-27-32(46)36-38(48)34(31(29-30(3)4)35-41(51)44(5,6)43(53)45(7,8)42(35)52)39(49)37(40(36)50)33(47)28-26-24-22-20-18-16-14-12-10-2/h30-31,48-51H,9-29H2,1-8H3. The van der Waals surface area contributed by atoms with Gasteiger partial charge in [0.05, 0.1) is 10.8 Å². The predicted octanol–water partition coefficient (Wildman–Crippen LogP) is 12.2. The van der Waals surface area contributed by atoms with Crippen molar-refractivity contribution in [1.29, 1.82) is 0 Å². The van der Waals surface area contributed by atoms with Gasteiger partial charge in [0.1, 0.15) is 34.1 Å². The van der Waals surface area contributed by atoms with Crippen molar-refractivity contribution in [3.05, 3.63) is 28.0 Å². The van der Waals surface area contributed by atoms with Crippen LogP contribution in [0.4, 0.5) is 0 Å². The second kappa shape index (κ2) is 21.7. The fraction of sp³-hybridized carbons (Fsp3) is 0.733. The van der Waals surface area contributed by atoms with Gasteiger partial charge in [0.15, 0.2) is 23.1 Å². The Balaban J connectivity index is 2.57. The molecule has 53 heavy (non-hydrogen) atoms. The number of hydrogen-bond donors (Lipinski definition) is 4. The Morgan fingerprint density at radius 1 is 0.547 bits per heavy atom. The summed E-state index contributed by atoms with van der Waals surface area (Å²) in [5.41, 5.74) is -4.25. The van der Waals surface area contributed by atoms with Gasteiger partial charge in [-0.05, 0) is 52.9 Å². The highest BCUT2D eigenvalue weighted by Crippen LogP contribution is 2.54. The third kappa shape index (κ3) is 11.9. The van der Waals surface area contributed by atoms with Crippen LogP contribution in [-0.4, -0.2) is 43.6 Å². The maximum absolute atomic E-state index is 14.1. The van der Waals surface area contributed by atoms with Crippen LogP contribution in [0.25, 0.3) is 0 Å². The molecule has 0 heterocycles. The molecule has 0 aliphatic heterocycles. The van der Waals surface area contributed by atoms with Crippen LogP contribution in [0.15, 0.2) is 11.3 Å². The molecule has 1 aromatic rings. The lowest BCUT2D eigenvalue weighted by molar-refractivity contribution is -0.144. The molecule has 0 spiro atoms. The molecule has 0 saturated heterocycles. The van der Waals surface area contributed by atoms with E-state index >= 15 is 0 Å².